The minimum atomic E-state index is -0.635. The molecule has 2 amide bonds. The van der Waals surface area contributed by atoms with Gasteiger partial charge in [0.2, 0.25) is 5.91 Å². The lowest BCUT2D eigenvalue weighted by atomic mass is 10.1. The number of hydrogen-bond acceptors (Lipinski definition) is 3. The quantitative estimate of drug-likeness (QED) is 0.481. The molecule has 0 spiro atoms. The Kier molecular flexibility index (Phi) is 9.85. The third-order valence-corrected chi connectivity index (χ3v) is 5.99. The van der Waals surface area contributed by atoms with E-state index in [1.54, 1.807) is 18.2 Å². The molecule has 174 valence electrons. The van der Waals surface area contributed by atoms with Gasteiger partial charge in [-0.1, -0.05) is 49.2 Å². The van der Waals surface area contributed by atoms with Gasteiger partial charge in [0.1, 0.15) is 11.8 Å². The second-order valence-electron chi connectivity index (χ2n) is 7.97. The van der Waals surface area contributed by atoms with Crippen LogP contribution in [0.15, 0.2) is 30.3 Å². The number of aryl methyl sites for hydroxylation is 2. The van der Waals surface area contributed by atoms with Gasteiger partial charge < -0.3 is 15.0 Å². The molecular weight excluding hydrogens is 447 g/mol. The van der Waals surface area contributed by atoms with Gasteiger partial charge in [-0.2, -0.15) is 0 Å². The maximum absolute atomic E-state index is 13.3. The molecule has 2 rings (SSSR count). The van der Waals surface area contributed by atoms with E-state index in [1.807, 2.05) is 40.7 Å². The largest absolute Gasteiger partial charge is 0.483 e. The standard InChI is InChI=1S/C25H32Cl2N2O3/c1-6-10-28-25(31)22(7-2)29(14-19-8-9-20(26)13-21(19)27)24(30)15-32-23-12-16(3)11-17(4)18(23)5/h8-9,11-13,22H,6-7,10,14-15H2,1-5H3,(H,28,31)/t22-/m0/s1. The number of amides is 2. The summed E-state index contributed by atoms with van der Waals surface area (Å²) in [6.07, 6.45) is 1.28. The van der Waals surface area contributed by atoms with Crippen molar-refractivity contribution in [3.63, 3.8) is 0 Å². The minimum Gasteiger partial charge on any atom is -0.483 e. The monoisotopic (exact) mass is 478 g/mol. The van der Waals surface area contributed by atoms with Gasteiger partial charge in [-0.3, -0.25) is 9.59 Å². The lowest BCUT2D eigenvalue weighted by Gasteiger charge is -2.31. The number of hydrogen-bond donors (Lipinski definition) is 1. The van der Waals surface area contributed by atoms with Crippen LogP contribution in [-0.4, -0.2) is 35.9 Å². The molecule has 2 aromatic carbocycles. The molecule has 1 atom stereocenters. The zero-order valence-electron chi connectivity index (χ0n) is 19.4. The van der Waals surface area contributed by atoms with Crippen molar-refractivity contribution in [3.05, 3.63) is 62.6 Å². The first-order chi connectivity index (χ1) is 15.2. The molecule has 1 N–H and O–H groups in total. The highest BCUT2D eigenvalue weighted by molar-refractivity contribution is 6.35. The fourth-order valence-electron chi connectivity index (χ4n) is 3.49. The summed E-state index contributed by atoms with van der Waals surface area (Å²) in [4.78, 5) is 27.7. The van der Waals surface area contributed by atoms with Crippen LogP contribution in [0.25, 0.3) is 0 Å². The topological polar surface area (TPSA) is 58.6 Å². The van der Waals surface area contributed by atoms with Crippen LogP contribution in [0.1, 0.15) is 48.9 Å². The van der Waals surface area contributed by atoms with Crippen molar-refractivity contribution in [3.8, 4) is 5.75 Å². The first-order valence-corrected chi connectivity index (χ1v) is 11.6. The molecule has 0 heterocycles. The van der Waals surface area contributed by atoms with Crippen LogP contribution in [0.3, 0.4) is 0 Å². The Morgan fingerprint density at radius 1 is 1.09 bits per heavy atom. The number of nitrogens with one attached hydrogen (secondary N) is 1. The number of benzene rings is 2. The third kappa shape index (κ3) is 6.88. The molecule has 0 unspecified atom stereocenters. The van der Waals surface area contributed by atoms with Crippen molar-refractivity contribution in [2.45, 2.75) is 60.0 Å². The molecule has 2 aromatic rings. The van der Waals surface area contributed by atoms with Crippen molar-refractivity contribution >= 4 is 35.0 Å². The van der Waals surface area contributed by atoms with Crippen LogP contribution in [0.4, 0.5) is 0 Å². The average Bonchev–Trinajstić information content (AvgIpc) is 2.74. The molecule has 5 nitrogen and oxygen atoms in total. The van der Waals surface area contributed by atoms with Crippen molar-refractivity contribution in [2.75, 3.05) is 13.2 Å². The summed E-state index contributed by atoms with van der Waals surface area (Å²) in [6.45, 7) is 10.4. The van der Waals surface area contributed by atoms with Gasteiger partial charge in [0.15, 0.2) is 6.61 Å². The normalized spacial score (nSPS) is 11.7. The Hall–Kier alpha value is -2.24. The Morgan fingerprint density at radius 2 is 1.81 bits per heavy atom. The lowest BCUT2D eigenvalue weighted by molar-refractivity contribution is -0.143. The second kappa shape index (κ2) is 12.1. The van der Waals surface area contributed by atoms with E-state index in [0.29, 0.717) is 34.3 Å². The van der Waals surface area contributed by atoms with Crippen LogP contribution < -0.4 is 10.1 Å². The van der Waals surface area contributed by atoms with Crippen LogP contribution in [-0.2, 0) is 16.1 Å². The van der Waals surface area contributed by atoms with Crippen molar-refractivity contribution in [1.82, 2.24) is 10.2 Å². The highest BCUT2D eigenvalue weighted by Crippen LogP contribution is 2.25. The van der Waals surface area contributed by atoms with Gasteiger partial charge >= 0.3 is 0 Å². The number of ether oxygens (including phenoxy) is 1. The zero-order chi connectivity index (χ0) is 23.8. The summed E-state index contributed by atoms with van der Waals surface area (Å²) >= 11 is 12.4. The number of carbonyl (C=O) groups excluding carboxylic acids is 2. The van der Waals surface area contributed by atoms with Gasteiger partial charge in [0.25, 0.3) is 5.91 Å². The number of nitrogens with zero attached hydrogens (tertiary/aromatic N) is 1. The zero-order valence-corrected chi connectivity index (χ0v) is 20.9. The molecule has 0 fully saturated rings. The summed E-state index contributed by atoms with van der Waals surface area (Å²) in [7, 11) is 0. The first kappa shape index (κ1) is 26.0. The maximum atomic E-state index is 13.3. The summed E-state index contributed by atoms with van der Waals surface area (Å²) in [5.74, 6) is 0.201. The fourth-order valence-corrected chi connectivity index (χ4v) is 3.96. The lowest BCUT2D eigenvalue weighted by Crippen LogP contribution is -2.50. The highest BCUT2D eigenvalue weighted by atomic mass is 35.5. The smallest absolute Gasteiger partial charge is 0.261 e. The summed E-state index contributed by atoms with van der Waals surface area (Å²) < 4.78 is 5.91. The predicted molar refractivity (Wildman–Crippen MR) is 131 cm³/mol. The molecule has 0 bridgehead atoms. The number of rotatable bonds is 10. The summed E-state index contributed by atoms with van der Waals surface area (Å²) in [5.41, 5.74) is 3.87. The van der Waals surface area contributed by atoms with E-state index in [-0.39, 0.29) is 25.0 Å². The van der Waals surface area contributed by atoms with Gasteiger partial charge in [0, 0.05) is 23.1 Å². The van der Waals surface area contributed by atoms with Gasteiger partial charge in [-0.15, -0.1) is 0 Å². The van der Waals surface area contributed by atoms with Gasteiger partial charge in [0.05, 0.1) is 0 Å². The van der Waals surface area contributed by atoms with E-state index in [9.17, 15) is 9.59 Å². The van der Waals surface area contributed by atoms with Crippen molar-refractivity contribution in [2.24, 2.45) is 0 Å². The molecule has 0 aliphatic carbocycles. The van der Waals surface area contributed by atoms with Crippen LogP contribution >= 0.6 is 23.2 Å². The van der Waals surface area contributed by atoms with E-state index in [0.717, 1.165) is 23.1 Å². The van der Waals surface area contributed by atoms with Crippen LogP contribution in [0.5, 0.6) is 5.75 Å². The molecule has 0 saturated heterocycles. The summed E-state index contributed by atoms with van der Waals surface area (Å²) in [5, 5.41) is 3.86. The van der Waals surface area contributed by atoms with E-state index in [1.165, 1.54) is 4.90 Å². The summed E-state index contributed by atoms with van der Waals surface area (Å²) in [6, 6.07) is 8.49. The number of carbonyl (C=O) groups is 2. The fraction of sp³-hybridized carbons (Fsp3) is 0.440. The number of halogens is 2. The Bertz CT molecular complexity index is 962. The van der Waals surface area contributed by atoms with E-state index < -0.39 is 6.04 Å². The molecule has 0 radical (unpaired) electrons. The second-order valence-corrected chi connectivity index (χ2v) is 8.81. The van der Waals surface area contributed by atoms with Crippen LogP contribution in [0.2, 0.25) is 10.0 Å². The predicted octanol–water partition coefficient (Wildman–Crippen LogP) is 5.63. The molecule has 0 aliphatic rings. The molecule has 7 heteroatoms. The Labute approximate surface area is 201 Å². The van der Waals surface area contributed by atoms with E-state index in [2.05, 4.69) is 11.4 Å². The average molecular weight is 479 g/mol. The van der Waals surface area contributed by atoms with Gasteiger partial charge in [-0.25, -0.2) is 0 Å². The van der Waals surface area contributed by atoms with E-state index >= 15 is 0 Å². The van der Waals surface area contributed by atoms with Crippen molar-refractivity contribution in [1.29, 1.82) is 0 Å². The third-order valence-electron chi connectivity index (χ3n) is 5.41. The maximum Gasteiger partial charge on any atom is 0.261 e. The molecule has 0 aliphatic heterocycles. The van der Waals surface area contributed by atoms with E-state index in [4.69, 9.17) is 27.9 Å². The SMILES string of the molecule is CCCNC(=O)[C@H](CC)N(Cc1ccc(Cl)cc1Cl)C(=O)COc1cc(C)cc(C)c1C. The minimum absolute atomic E-state index is 0.174. The van der Waals surface area contributed by atoms with Gasteiger partial charge in [-0.05, 0) is 74.1 Å². The Morgan fingerprint density at radius 3 is 2.44 bits per heavy atom. The highest BCUT2D eigenvalue weighted by Gasteiger charge is 2.29. The molecule has 0 saturated carbocycles. The molecule has 0 aromatic heterocycles. The van der Waals surface area contributed by atoms with Crippen molar-refractivity contribution < 1.29 is 14.3 Å². The Balaban J connectivity index is 2.29. The van der Waals surface area contributed by atoms with Crippen LogP contribution in [0, 0.1) is 20.8 Å². The molecule has 32 heavy (non-hydrogen) atoms. The first-order valence-electron chi connectivity index (χ1n) is 10.9. The molecular formula is C25H32Cl2N2O3.